The van der Waals surface area contributed by atoms with E-state index in [9.17, 15) is 14.7 Å². The van der Waals surface area contributed by atoms with E-state index >= 15 is 0 Å². The molecular formula is C18H22O5. The summed E-state index contributed by atoms with van der Waals surface area (Å²) in [7, 11) is 0. The van der Waals surface area contributed by atoms with Gasteiger partial charge < -0.3 is 14.6 Å². The van der Waals surface area contributed by atoms with Gasteiger partial charge in [-0.05, 0) is 38.8 Å². The second-order valence-corrected chi connectivity index (χ2v) is 5.69. The van der Waals surface area contributed by atoms with Gasteiger partial charge in [-0.1, -0.05) is 24.3 Å². The summed E-state index contributed by atoms with van der Waals surface area (Å²) >= 11 is 0. The van der Waals surface area contributed by atoms with Gasteiger partial charge >= 0.3 is 11.9 Å². The third kappa shape index (κ3) is 4.66. The van der Waals surface area contributed by atoms with E-state index in [1.54, 1.807) is 44.2 Å². The lowest BCUT2D eigenvalue weighted by Crippen LogP contribution is -2.40. The minimum absolute atomic E-state index is 0.273. The number of rotatable bonds is 4. The van der Waals surface area contributed by atoms with Gasteiger partial charge in [-0.2, -0.15) is 0 Å². The third-order valence-corrected chi connectivity index (χ3v) is 4.00. The van der Waals surface area contributed by atoms with Crippen LogP contribution < -0.4 is 0 Å². The molecule has 0 radical (unpaired) electrons. The van der Waals surface area contributed by atoms with Crippen molar-refractivity contribution in [1.82, 2.24) is 0 Å². The van der Waals surface area contributed by atoms with Crippen LogP contribution >= 0.6 is 0 Å². The molecule has 0 saturated heterocycles. The van der Waals surface area contributed by atoms with Crippen LogP contribution in [0.25, 0.3) is 0 Å². The van der Waals surface area contributed by atoms with E-state index in [1.165, 1.54) is 0 Å². The second kappa shape index (κ2) is 7.92. The van der Waals surface area contributed by atoms with Crippen molar-refractivity contribution in [2.75, 3.05) is 0 Å². The van der Waals surface area contributed by atoms with Gasteiger partial charge in [0.05, 0.1) is 11.7 Å². The zero-order chi connectivity index (χ0) is 16.8. The number of allylic oxidation sites excluding steroid dienone is 1. The lowest BCUT2D eigenvalue weighted by Gasteiger charge is -2.32. The Hall–Kier alpha value is -2.14. The van der Waals surface area contributed by atoms with Gasteiger partial charge in [0.25, 0.3) is 0 Å². The van der Waals surface area contributed by atoms with Crippen LogP contribution in [-0.4, -0.2) is 35.4 Å². The Morgan fingerprint density at radius 1 is 1.17 bits per heavy atom. The van der Waals surface area contributed by atoms with Crippen molar-refractivity contribution in [1.29, 1.82) is 0 Å². The molecule has 23 heavy (non-hydrogen) atoms. The first kappa shape index (κ1) is 17.2. The van der Waals surface area contributed by atoms with Crippen molar-refractivity contribution in [2.45, 2.75) is 51.4 Å². The number of benzene rings is 1. The van der Waals surface area contributed by atoms with Gasteiger partial charge in [-0.25, -0.2) is 9.59 Å². The smallest absolute Gasteiger partial charge is 0.338 e. The average Bonchev–Trinajstić information content (AvgIpc) is 2.57. The topological polar surface area (TPSA) is 72.8 Å². The summed E-state index contributed by atoms with van der Waals surface area (Å²) in [6, 6.07) is 8.67. The standard InChI is InChI=1S/C18H22O5/c1-3-12(2)17(20)22-14-9-10-16(15(19)11-14)23-18(21)13-7-5-4-6-8-13/h3-8,14-16,19H,9-11H2,1-2H3. The quantitative estimate of drug-likeness (QED) is 0.682. The van der Waals surface area contributed by atoms with Crippen LogP contribution in [0.1, 0.15) is 43.5 Å². The van der Waals surface area contributed by atoms with E-state index < -0.39 is 18.2 Å². The Morgan fingerprint density at radius 2 is 1.87 bits per heavy atom. The second-order valence-electron chi connectivity index (χ2n) is 5.69. The molecule has 2 rings (SSSR count). The summed E-state index contributed by atoms with van der Waals surface area (Å²) in [4.78, 5) is 23.8. The predicted molar refractivity (Wildman–Crippen MR) is 84.8 cm³/mol. The molecule has 0 aromatic heterocycles. The molecule has 1 fully saturated rings. The summed E-state index contributed by atoms with van der Waals surface area (Å²) < 4.78 is 10.7. The van der Waals surface area contributed by atoms with Gasteiger partial charge in [-0.15, -0.1) is 0 Å². The Bertz CT molecular complexity index is 578. The molecule has 0 bridgehead atoms. The van der Waals surface area contributed by atoms with Crippen molar-refractivity contribution in [2.24, 2.45) is 0 Å². The molecule has 1 aliphatic rings. The Labute approximate surface area is 135 Å². The summed E-state index contributed by atoms with van der Waals surface area (Å²) in [5.74, 6) is -0.820. The lowest BCUT2D eigenvalue weighted by atomic mass is 9.92. The molecule has 1 N–H and O–H groups in total. The highest BCUT2D eigenvalue weighted by Crippen LogP contribution is 2.25. The van der Waals surface area contributed by atoms with Crippen molar-refractivity contribution >= 4 is 11.9 Å². The molecule has 5 nitrogen and oxygen atoms in total. The fraction of sp³-hybridized carbons (Fsp3) is 0.444. The van der Waals surface area contributed by atoms with Crippen LogP contribution in [0.4, 0.5) is 0 Å². The van der Waals surface area contributed by atoms with Crippen LogP contribution in [0.5, 0.6) is 0 Å². The van der Waals surface area contributed by atoms with Crippen LogP contribution in [0.2, 0.25) is 0 Å². The SMILES string of the molecule is CC=C(C)C(=O)OC1CCC(OC(=O)c2ccccc2)C(O)C1. The van der Waals surface area contributed by atoms with E-state index in [0.717, 1.165) is 0 Å². The first-order chi connectivity index (χ1) is 11.0. The van der Waals surface area contributed by atoms with Crippen molar-refractivity contribution in [3.63, 3.8) is 0 Å². The van der Waals surface area contributed by atoms with Gasteiger partial charge in [0.2, 0.25) is 0 Å². The maximum Gasteiger partial charge on any atom is 0.338 e. The highest BCUT2D eigenvalue weighted by Gasteiger charge is 2.33. The molecule has 1 aromatic rings. The molecule has 1 aliphatic carbocycles. The number of carbonyl (C=O) groups is 2. The fourth-order valence-corrected chi connectivity index (χ4v) is 2.47. The number of hydrogen-bond acceptors (Lipinski definition) is 5. The molecule has 3 unspecified atom stereocenters. The molecule has 0 aliphatic heterocycles. The number of carbonyl (C=O) groups excluding carboxylic acids is 2. The summed E-state index contributed by atoms with van der Waals surface area (Å²) in [5, 5.41) is 10.2. The summed E-state index contributed by atoms with van der Waals surface area (Å²) in [6.45, 7) is 3.46. The Balaban J connectivity index is 1.87. The highest BCUT2D eigenvalue weighted by atomic mass is 16.6. The minimum Gasteiger partial charge on any atom is -0.459 e. The first-order valence-electron chi connectivity index (χ1n) is 7.79. The van der Waals surface area contributed by atoms with Crippen LogP contribution in [0, 0.1) is 0 Å². The van der Waals surface area contributed by atoms with Crippen LogP contribution in [-0.2, 0) is 14.3 Å². The van der Waals surface area contributed by atoms with E-state index in [-0.39, 0.29) is 18.5 Å². The van der Waals surface area contributed by atoms with Crippen LogP contribution in [0.3, 0.4) is 0 Å². The number of esters is 2. The molecule has 1 aromatic carbocycles. The third-order valence-electron chi connectivity index (χ3n) is 4.00. The van der Waals surface area contributed by atoms with Crippen molar-refractivity contribution in [3.05, 3.63) is 47.5 Å². The monoisotopic (exact) mass is 318 g/mol. The Kier molecular flexibility index (Phi) is 5.93. The molecule has 0 amide bonds. The zero-order valence-electron chi connectivity index (χ0n) is 13.4. The van der Waals surface area contributed by atoms with E-state index in [0.29, 0.717) is 24.0 Å². The van der Waals surface area contributed by atoms with Gasteiger partial charge in [0, 0.05) is 12.0 Å². The number of aliphatic hydroxyl groups excluding tert-OH is 1. The largest absolute Gasteiger partial charge is 0.459 e. The van der Waals surface area contributed by atoms with Crippen LogP contribution in [0.15, 0.2) is 42.0 Å². The van der Waals surface area contributed by atoms with Crippen molar-refractivity contribution in [3.8, 4) is 0 Å². The van der Waals surface area contributed by atoms with E-state index in [1.807, 2.05) is 6.07 Å². The maximum atomic E-state index is 12.0. The molecule has 0 spiro atoms. The highest BCUT2D eigenvalue weighted by molar-refractivity contribution is 5.89. The predicted octanol–water partition coefficient (Wildman–Crippen LogP) is 2.63. The number of ether oxygens (including phenoxy) is 2. The number of aliphatic hydroxyl groups is 1. The summed E-state index contributed by atoms with van der Waals surface area (Å²) in [5.41, 5.74) is 0.995. The zero-order valence-corrected chi connectivity index (χ0v) is 13.4. The molecular weight excluding hydrogens is 296 g/mol. The van der Waals surface area contributed by atoms with E-state index in [4.69, 9.17) is 9.47 Å². The summed E-state index contributed by atoms with van der Waals surface area (Å²) in [6.07, 6.45) is 1.24. The minimum atomic E-state index is -0.833. The van der Waals surface area contributed by atoms with E-state index in [2.05, 4.69) is 0 Å². The lowest BCUT2D eigenvalue weighted by molar-refractivity contribution is -0.150. The van der Waals surface area contributed by atoms with Gasteiger partial charge in [-0.3, -0.25) is 0 Å². The van der Waals surface area contributed by atoms with Gasteiger partial charge in [0.15, 0.2) is 0 Å². The Morgan fingerprint density at radius 3 is 2.48 bits per heavy atom. The fourth-order valence-electron chi connectivity index (χ4n) is 2.47. The average molecular weight is 318 g/mol. The molecule has 3 atom stereocenters. The molecule has 0 heterocycles. The first-order valence-corrected chi connectivity index (χ1v) is 7.79. The maximum absolute atomic E-state index is 12.0. The molecule has 1 saturated carbocycles. The normalized spacial score (nSPS) is 24.8. The molecule has 124 valence electrons. The number of hydrogen-bond donors (Lipinski definition) is 1. The molecule has 5 heteroatoms. The van der Waals surface area contributed by atoms with Gasteiger partial charge in [0.1, 0.15) is 12.2 Å². The van der Waals surface area contributed by atoms with Crippen molar-refractivity contribution < 1.29 is 24.2 Å².